The van der Waals surface area contributed by atoms with Gasteiger partial charge in [-0.05, 0) is 35.7 Å². The van der Waals surface area contributed by atoms with Crippen LogP contribution in [-0.4, -0.2) is 27.3 Å². The van der Waals surface area contributed by atoms with Crippen molar-refractivity contribution in [2.45, 2.75) is 17.4 Å². The monoisotopic (exact) mass is 375 g/mol. The zero-order valence-electron chi connectivity index (χ0n) is 15.0. The van der Waals surface area contributed by atoms with Gasteiger partial charge in [0, 0.05) is 22.8 Å². The van der Waals surface area contributed by atoms with Crippen LogP contribution in [0.1, 0.15) is 27.5 Å². The van der Waals surface area contributed by atoms with Crippen molar-refractivity contribution >= 4 is 16.7 Å². The highest BCUT2D eigenvalue weighted by Gasteiger charge is 2.36. The largest absolute Gasteiger partial charge is 0.330 e. The Kier molecular flexibility index (Phi) is 5.16. The second-order valence-corrected chi connectivity index (χ2v) is 8.22. The molecule has 0 saturated heterocycles. The van der Waals surface area contributed by atoms with Crippen LogP contribution in [0.5, 0.6) is 0 Å². The van der Waals surface area contributed by atoms with E-state index in [9.17, 15) is 9.00 Å². The summed E-state index contributed by atoms with van der Waals surface area (Å²) in [6, 6.07) is 27.5. The van der Waals surface area contributed by atoms with E-state index in [1.807, 2.05) is 77.7 Å². The van der Waals surface area contributed by atoms with Crippen molar-refractivity contribution in [2.24, 2.45) is 0 Å². The summed E-state index contributed by atoms with van der Waals surface area (Å²) in [4.78, 5) is 15.7. The zero-order chi connectivity index (χ0) is 18.6. The highest BCUT2D eigenvalue weighted by Crippen LogP contribution is 2.35. The van der Waals surface area contributed by atoms with Crippen LogP contribution in [0.2, 0.25) is 0 Å². The SMILES string of the molecule is O=C1c2ccccc2C(Cc2ccccc2)N1CCS(=O)c1ccccc1. The second kappa shape index (κ2) is 7.89. The molecule has 1 amide bonds. The fourth-order valence-electron chi connectivity index (χ4n) is 3.63. The van der Waals surface area contributed by atoms with E-state index >= 15 is 0 Å². The fraction of sp³-hybridized carbons (Fsp3) is 0.174. The molecular weight excluding hydrogens is 354 g/mol. The van der Waals surface area contributed by atoms with Gasteiger partial charge in [-0.2, -0.15) is 0 Å². The van der Waals surface area contributed by atoms with Crippen LogP contribution in [0.4, 0.5) is 0 Å². The Morgan fingerprint density at radius 3 is 2.19 bits per heavy atom. The summed E-state index contributed by atoms with van der Waals surface area (Å²) in [5.74, 6) is 0.478. The van der Waals surface area contributed by atoms with Gasteiger partial charge in [-0.25, -0.2) is 0 Å². The van der Waals surface area contributed by atoms with E-state index in [-0.39, 0.29) is 11.9 Å². The summed E-state index contributed by atoms with van der Waals surface area (Å²) < 4.78 is 12.6. The molecule has 2 atom stereocenters. The maximum Gasteiger partial charge on any atom is 0.254 e. The number of hydrogen-bond donors (Lipinski definition) is 0. The van der Waals surface area contributed by atoms with Crippen molar-refractivity contribution in [2.75, 3.05) is 12.3 Å². The molecule has 1 aliphatic heterocycles. The van der Waals surface area contributed by atoms with Gasteiger partial charge in [-0.3, -0.25) is 9.00 Å². The molecule has 136 valence electrons. The second-order valence-electron chi connectivity index (χ2n) is 6.65. The Labute approximate surface area is 162 Å². The summed E-state index contributed by atoms with van der Waals surface area (Å²) in [6.07, 6.45) is 0.765. The van der Waals surface area contributed by atoms with Gasteiger partial charge in [0.15, 0.2) is 0 Å². The van der Waals surface area contributed by atoms with Crippen molar-refractivity contribution in [3.63, 3.8) is 0 Å². The first-order valence-corrected chi connectivity index (χ1v) is 10.4. The van der Waals surface area contributed by atoms with Gasteiger partial charge in [0.05, 0.1) is 16.8 Å². The summed E-state index contributed by atoms with van der Waals surface area (Å²) in [5.41, 5.74) is 3.03. The Bertz CT molecular complexity index is 956. The molecule has 3 aromatic rings. The van der Waals surface area contributed by atoms with Crippen LogP contribution in [0.25, 0.3) is 0 Å². The van der Waals surface area contributed by atoms with Crippen molar-refractivity contribution in [1.82, 2.24) is 4.90 Å². The Balaban J connectivity index is 1.56. The zero-order valence-corrected chi connectivity index (χ0v) is 15.8. The molecule has 3 aromatic carbocycles. The molecule has 4 heteroatoms. The standard InChI is InChI=1S/C23H21NO2S/c25-23-21-14-8-7-13-20(21)22(17-18-9-3-1-4-10-18)24(23)15-16-27(26)19-11-5-2-6-12-19/h1-14,22H,15-17H2. The quantitative estimate of drug-likeness (QED) is 0.646. The number of rotatable bonds is 6. The van der Waals surface area contributed by atoms with Crippen molar-refractivity contribution < 1.29 is 9.00 Å². The molecule has 0 fully saturated rings. The molecule has 27 heavy (non-hydrogen) atoms. The third-order valence-corrected chi connectivity index (χ3v) is 6.33. The average Bonchev–Trinajstić information content (AvgIpc) is 2.99. The number of benzene rings is 3. The van der Waals surface area contributed by atoms with Crippen molar-refractivity contribution in [3.8, 4) is 0 Å². The minimum Gasteiger partial charge on any atom is -0.330 e. The molecule has 2 unspecified atom stereocenters. The van der Waals surface area contributed by atoms with E-state index in [1.165, 1.54) is 5.56 Å². The number of carbonyl (C=O) groups excluding carboxylic acids is 1. The average molecular weight is 375 g/mol. The van der Waals surface area contributed by atoms with Crippen LogP contribution in [-0.2, 0) is 17.2 Å². The van der Waals surface area contributed by atoms with E-state index in [1.54, 1.807) is 0 Å². The van der Waals surface area contributed by atoms with Crippen LogP contribution in [0, 0.1) is 0 Å². The number of fused-ring (bicyclic) bond motifs is 1. The van der Waals surface area contributed by atoms with Gasteiger partial charge < -0.3 is 4.90 Å². The molecule has 0 aliphatic carbocycles. The summed E-state index contributed by atoms with van der Waals surface area (Å²) in [5, 5.41) is 0. The molecule has 0 spiro atoms. The normalized spacial score (nSPS) is 17.0. The van der Waals surface area contributed by atoms with Gasteiger partial charge in [0.2, 0.25) is 0 Å². The highest BCUT2D eigenvalue weighted by molar-refractivity contribution is 7.85. The van der Waals surface area contributed by atoms with Crippen LogP contribution in [0.3, 0.4) is 0 Å². The molecule has 0 bridgehead atoms. The van der Waals surface area contributed by atoms with Crippen LogP contribution < -0.4 is 0 Å². The first-order valence-electron chi connectivity index (χ1n) is 9.11. The van der Waals surface area contributed by atoms with Gasteiger partial charge >= 0.3 is 0 Å². The van der Waals surface area contributed by atoms with E-state index in [0.717, 1.165) is 22.4 Å². The highest BCUT2D eigenvalue weighted by atomic mass is 32.2. The van der Waals surface area contributed by atoms with Gasteiger partial charge in [0.1, 0.15) is 0 Å². The minimum absolute atomic E-state index is 0.0103. The molecule has 3 nitrogen and oxygen atoms in total. The third kappa shape index (κ3) is 3.71. The third-order valence-electron chi connectivity index (χ3n) is 4.98. The van der Waals surface area contributed by atoms with E-state index in [4.69, 9.17) is 0 Å². The fourth-order valence-corrected chi connectivity index (χ4v) is 4.69. The van der Waals surface area contributed by atoms with E-state index in [0.29, 0.717) is 12.3 Å². The van der Waals surface area contributed by atoms with Crippen LogP contribution >= 0.6 is 0 Å². The van der Waals surface area contributed by atoms with Crippen molar-refractivity contribution in [1.29, 1.82) is 0 Å². The minimum atomic E-state index is -1.11. The number of hydrogen-bond acceptors (Lipinski definition) is 2. The Morgan fingerprint density at radius 2 is 1.44 bits per heavy atom. The predicted molar refractivity (Wildman–Crippen MR) is 108 cm³/mol. The lowest BCUT2D eigenvalue weighted by Gasteiger charge is -2.25. The van der Waals surface area contributed by atoms with Gasteiger partial charge in [-0.1, -0.05) is 66.7 Å². The number of nitrogens with zero attached hydrogens (tertiary/aromatic N) is 1. The number of amides is 1. The summed E-state index contributed by atoms with van der Waals surface area (Å²) >= 11 is 0. The number of carbonyl (C=O) groups is 1. The predicted octanol–water partition coefficient (Wildman–Crippen LogP) is 4.23. The topological polar surface area (TPSA) is 37.4 Å². The maximum atomic E-state index is 13.0. The van der Waals surface area contributed by atoms with Gasteiger partial charge in [0.25, 0.3) is 5.91 Å². The maximum absolute atomic E-state index is 13.0. The van der Waals surface area contributed by atoms with Crippen LogP contribution in [0.15, 0.2) is 89.8 Å². The van der Waals surface area contributed by atoms with Crippen molar-refractivity contribution in [3.05, 3.63) is 102 Å². The lowest BCUT2D eigenvalue weighted by atomic mass is 9.98. The molecule has 0 aromatic heterocycles. The molecule has 1 aliphatic rings. The molecular formula is C23H21NO2S. The first kappa shape index (κ1) is 17.7. The van der Waals surface area contributed by atoms with Gasteiger partial charge in [-0.15, -0.1) is 0 Å². The molecule has 0 saturated carbocycles. The van der Waals surface area contributed by atoms with E-state index in [2.05, 4.69) is 12.1 Å². The Morgan fingerprint density at radius 1 is 0.815 bits per heavy atom. The van der Waals surface area contributed by atoms with E-state index < -0.39 is 10.8 Å². The molecule has 1 heterocycles. The summed E-state index contributed by atoms with van der Waals surface area (Å²) in [7, 11) is -1.11. The molecule has 0 N–H and O–H groups in total. The lowest BCUT2D eigenvalue weighted by Crippen LogP contribution is -2.33. The molecule has 4 rings (SSSR count). The smallest absolute Gasteiger partial charge is 0.254 e. The molecule has 0 radical (unpaired) electrons. The Hall–Kier alpha value is -2.72. The lowest BCUT2D eigenvalue weighted by molar-refractivity contribution is 0.0737. The summed E-state index contributed by atoms with van der Waals surface area (Å²) in [6.45, 7) is 0.479. The first-order chi connectivity index (χ1) is 13.2.